The zero-order valence-corrected chi connectivity index (χ0v) is 13.7. The number of ether oxygens (including phenoxy) is 1. The third-order valence-corrected chi connectivity index (χ3v) is 4.94. The maximum absolute atomic E-state index is 6.13. The van der Waals surface area contributed by atoms with E-state index in [4.69, 9.17) is 27.9 Å². The smallest absolute Gasteiger partial charge is 0.120 e. The molecule has 0 aromatic heterocycles. The van der Waals surface area contributed by atoms with Gasteiger partial charge in [-0.1, -0.05) is 51.3 Å². The van der Waals surface area contributed by atoms with Crippen molar-refractivity contribution < 1.29 is 4.74 Å². The topological polar surface area (TPSA) is 9.23 Å². The van der Waals surface area contributed by atoms with Crippen LogP contribution in [-0.4, -0.2) is 0 Å². The molecule has 1 nitrogen and oxygen atoms in total. The molecule has 100 valence electrons. The third kappa shape index (κ3) is 3.44. The second-order valence-corrected chi connectivity index (χ2v) is 5.95. The van der Waals surface area contributed by atoms with Crippen LogP contribution in [0.1, 0.15) is 16.7 Å². The summed E-state index contributed by atoms with van der Waals surface area (Å²) in [5.41, 5.74) is 3.17. The van der Waals surface area contributed by atoms with Gasteiger partial charge in [0.05, 0.1) is 10.0 Å². The van der Waals surface area contributed by atoms with Gasteiger partial charge >= 0.3 is 0 Å². The summed E-state index contributed by atoms with van der Waals surface area (Å²) in [6.45, 7) is 4.48. The lowest BCUT2D eigenvalue weighted by atomic mass is 10.1. The number of aryl methyl sites for hydroxylation is 2. The van der Waals surface area contributed by atoms with Crippen LogP contribution >= 0.6 is 39.1 Å². The van der Waals surface area contributed by atoms with Crippen LogP contribution in [0, 0.1) is 13.8 Å². The minimum absolute atomic E-state index is 0.403. The highest BCUT2D eigenvalue weighted by Crippen LogP contribution is 2.29. The first-order valence-electron chi connectivity index (χ1n) is 5.81. The van der Waals surface area contributed by atoms with Crippen molar-refractivity contribution >= 4 is 39.1 Å². The lowest BCUT2D eigenvalue weighted by Crippen LogP contribution is -1.97. The Morgan fingerprint density at radius 1 is 1.11 bits per heavy atom. The first-order chi connectivity index (χ1) is 8.99. The maximum atomic E-state index is 6.13. The maximum Gasteiger partial charge on any atom is 0.120 e. The van der Waals surface area contributed by atoms with Crippen LogP contribution in [0.5, 0.6) is 5.75 Å². The van der Waals surface area contributed by atoms with E-state index in [0.717, 1.165) is 26.9 Å². The summed E-state index contributed by atoms with van der Waals surface area (Å²) in [7, 11) is 0. The molecule has 0 radical (unpaired) electrons. The van der Waals surface area contributed by atoms with Gasteiger partial charge in [-0.25, -0.2) is 0 Å². The second-order valence-electron chi connectivity index (χ2n) is 4.37. The largest absolute Gasteiger partial charge is 0.489 e. The molecular weight excluding hydrogens is 347 g/mol. The normalized spacial score (nSPS) is 10.6. The highest BCUT2D eigenvalue weighted by Gasteiger charge is 2.07. The Morgan fingerprint density at radius 3 is 2.37 bits per heavy atom. The van der Waals surface area contributed by atoms with Crippen LogP contribution in [-0.2, 0) is 6.61 Å². The third-order valence-electron chi connectivity index (χ3n) is 2.84. The Bertz CT molecular complexity index is 588. The van der Waals surface area contributed by atoms with Crippen molar-refractivity contribution in [2.24, 2.45) is 0 Å². The van der Waals surface area contributed by atoms with Crippen molar-refractivity contribution in [1.82, 2.24) is 0 Å². The van der Waals surface area contributed by atoms with Gasteiger partial charge in [-0.2, -0.15) is 0 Å². The summed E-state index contributed by atoms with van der Waals surface area (Å²) < 4.78 is 6.89. The fourth-order valence-corrected chi connectivity index (χ4v) is 2.41. The summed E-state index contributed by atoms with van der Waals surface area (Å²) in [5.74, 6) is 0.828. The van der Waals surface area contributed by atoms with E-state index >= 15 is 0 Å². The van der Waals surface area contributed by atoms with E-state index in [2.05, 4.69) is 15.9 Å². The number of halogens is 3. The zero-order valence-electron chi connectivity index (χ0n) is 10.6. The molecule has 0 N–H and O–H groups in total. The molecule has 0 fully saturated rings. The van der Waals surface area contributed by atoms with Gasteiger partial charge in [0.1, 0.15) is 12.4 Å². The monoisotopic (exact) mass is 358 g/mol. The SMILES string of the molecule is Cc1cc(OCc2cccc(Cl)c2Cl)cc(C)c1Br. The van der Waals surface area contributed by atoms with E-state index in [1.54, 1.807) is 6.07 Å². The van der Waals surface area contributed by atoms with Gasteiger partial charge in [-0.3, -0.25) is 0 Å². The first kappa shape index (κ1) is 14.7. The van der Waals surface area contributed by atoms with Crippen molar-refractivity contribution in [2.75, 3.05) is 0 Å². The summed E-state index contributed by atoms with van der Waals surface area (Å²) >= 11 is 15.6. The number of hydrogen-bond acceptors (Lipinski definition) is 1. The molecule has 19 heavy (non-hydrogen) atoms. The van der Waals surface area contributed by atoms with E-state index < -0.39 is 0 Å². The molecule has 0 atom stereocenters. The number of benzene rings is 2. The fraction of sp³-hybridized carbons (Fsp3) is 0.200. The van der Waals surface area contributed by atoms with Crippen LogP contribution in [0.4, 0.5) is 0 Å². The van der Waals surface area contributed by atoms with Gasteiger partial charge < -0.3 is 4.74 Å². The molecule has 0 saturated carbocycles. The second kappa shape index (κ2) is 6.17. The summed E-state index contributed by atoms with van der Waals surface area (Å²) in [6.07, 6.45) is 0. The molecule has 0 aliphatic rings. The average molecular weight is 360 g/mol. The Morgan fingerprint density at radius 2 is 1.74 bits per heavy atom. The van der Waals surface area contributed by atoms with E-state index in [0.29, 0.717) is 16.7 Å². The Kier molecular flexibility index (Phi) is 4.77. The lowest BCUT2D eigenvalue weighted by Gasteiger charge is -2.11. The lowest BCUT2D eigenvalue weighted by molar-refractivity contribution is 0.306. The Balaban J connectivity index is 2.17. The molecule has 0 unspecified atom stereocenters. The van der Waals surface area contributed by atoms with E-state index in [1.807, 2.05) is 38.1 Å². The standard InChI is InChI=1S/C15H13BrCl2O/c1-9-6-12(7-10(2)14(9)16)19-8-11-4-3-5-13(17)15(11)18/h3-7H,8H2,1-2H3. The quantitative estimate of drug-likeness (QED) is 0.657. The van der Waals surface area contributed by atoms with Crippen LogP contribution in [0.15, 0.2) is 34.8 Å². The molecule has 0 aliphatic heterocycles. The van der Waals surface area contributed by atoms with Crippen molar-refractivity contribution in [2.45, 2.75) is 20.5 Å². The Hall–Kier alpha value is -0.700. The van der Waals surface area contributed by atoms with Crippen LogP contribution in [0.3, 0.4) is 0 Å². The van der Waals surface area contributed by atoms with E-state index in [1.165, 1.54) is 0 Å². The van der Waals surface area contributed by atoms with Gasteiger partial charge in [-0.05, 0) is 43.2 Å². The van der Waals surface area contributed by atoms with Crippen molar-refractivity contribution in [1.29, 1.82) is 0 Å². The minimum atomic E-state index is 0.403. The zero-order chi connectivity index (χ0) is 14.0. The molecule has 2 aromatic rings. The highest BCUT2D eigenvalue weighted by atomic mass is 79.9. The number of hydrogen-bond donors (Lipinski definition) is 0. The fourth-order valence-electron chi connectivity index (χ4n) is 1.81. The van der Waals surface area contributed by atoms with Gasteiger partial charge in [0.2, 0.25) is 0 Å². The molecule has 0 heterocycles. The van der Waals surface area contributed by atoms with Crippen molar-refractivity contribution in [3.05, 3.63) is 61.5 Å². The van der Waals surface area contributed by atoms with Crippen LogP contribution in [0.2, 0.25) is 10.0 Å². The Labute approximate surface area is 131 Å². The predicted octanol–water partition coefficient (Wildman–Crippen LogP) is 5.95. The average Bonchev–Trinajstić information content (AvgIpc) is 2.37. The minimum Gasteiger partial charge on any atom is -0.489 e. The van der Waals surface area contributed by atoms with Crippen LogP contribution < -0.4 is 4.74 Å². The van der Waals surface area contributed by atoms with Gasteiger partial charge in [0, 0.05) is 10.0 Å². The highest BCUT2D eigenvalue weighted by molar-refractivity contribution is 9.10. The molecule has 0 spiro atoms. The molecule has 0 bridgehead atoms. The van der Waals surface area contributed by atoms with E-state index in [-0.39, 0.29) is 0 Å². The molecular formula is C15H13BrCl2O. The van der Waals surface area contributed by atoms with Gasteiger partial charge in [0.15, 0.2) is 0 Å². The molecule has 0 amide bonds. The predicted molar refractivity (Wildman–Crippen MR) is 84.4 cm³/mol. The van der Waals surface area contributed by atoms with Crippen molar-refractivity contribution in [3.63, 3.8) is 0 Å². The van der Waals surface area contributed by atoms with Crippen molar-refractivity contribution in [3.8, 4) is 5.75 Å². The molecule has 2 aromatic carbocycles. The first-order valence-corrected chi connectivity index (χ1v) is 7.36. The summed E-state index contributed by atoms with van der Waals surface area (Å²) in [6, 6.07) is 9.53. The van der Waals surface area contributed by atoms with Gasteiger partial charge in [-0.15, -0.1) is 0 Å². The van der Waals surface area contributed by atoms with E-state index in [9.17, 15) is 0 Å². The summed E-state index contributed by atoms with van der Waals surface area (Å²) in [4.78, 5) is 0. The molecule has 2 rings (SSSR count). The molecule has 0 saturated heterocycles. The van der Waals surface area contributed by atoms with Crippen LogP contribution in [0.25, 0.3) is 0 Å². The molecule has 0 aliphatic carbocycles. The molecule has 4 heteroatoms. The number of rotatable bonds is 3. The van der Waals surface area contributed by atoms with Gasteiger partial charge in [0.25, 0.3) is 0 Å². The summed E-state index contributed by atoms with van der Waals surface area (Å²) in [5, 5.41) is 1.10.